The summed E-state index contributed by atoms with van der Waals surface area (Å²) in [5, 5.41) is 6.62. The molecule has 0 saturated carbocycles. The number of hydrogen-bond donors (Lipinski definition) is 2. The minimum Gasteiger partial charge on any atom is -0.401 e. The monoisotopic (exact) mass is 160 g/mol. The number of rotatable bonds is 4. The van der Waals surface area contributed by atoms with E-state index in [1.54, 1.807) is 0 Å². The summed E-state index contributed by atoms with van der Waals surface area (Å²) in [7, 11) is 0. The van der Waals surface area contributed by atoms with Crippen LogP contribution in [0.1, 0.15) is 6.42 Å². The van der Waals surface area contributed by atoms with Gasteiger partial charge in [0.15, 0.2) is 0 Å². The SMILES string of the molecule is C=CC/C(N)=C(/C=N)C(F)F. The summed E-state index contributed by atoms with van der Waals surface area (Å²) in [6.45, 7) is 3.34. The van der Waals surface area contributed by atoms with Crippen molar-refractivity contribution in [2.45, 2.75) is 12.8 Å². The molecule has 0 spiro atoms. The van der Waals surface area contributed by atoms with E-state index < -0.39 is 12.0 Å². The predicted octanol–water partition coefficient (Wildman–Crippen LogP) is 1.69. The fourth-order valence-corrected chi connectivity index (χ4v) is 0.569. The van der Waals surface area contributed by atoms with Gasteiger partial charge >= 0.3 is 0 Å². The first-order chi connectivity index (χ1) is 5.13. The van der Waals surface area contributed by atoms with Gasteiger partial charge in [-0.1, -0.05) is 6.08 Å². The van der Waals surface area contributed by atoms with Crippen LogP contribution in [0.25, 0.3) is 0 Å². The van der Waals surface area contributed by atoms with Crippen LogP contribution in [-0.4, -0.2) is 12.6 Å². The van der Waals surface area contributed by atoms with Crippen molar-refractivity contribution in [3.8, 4) is 0 Å². The standard InChI is InChI=1S/C7H10F2N2/c1-2-3-6(11)5(4-10)7(8)9/h2,4,7,10H,1,3,11H2/b6-5+,10-4?. The molecule has 11 heavy (non-hydrogen) atoms. The van der Waals surface area contributed by atoms with Gasteiger partial charge in [-0.15, -0.1) is 6.58 Å². The van der Waals surface area contributed by atoms with Gasteiger partial charge in [-0.25, -0.2) is 8.78 Å². The Balaban J connectivity index is 4.52. The van der Waals surface area contributed by atoms with Crippen LogP contribution in [0.3, 0.4) is 0 Å². The largest absolute Gasteiger partial charge is 0.401 e. The lowest BCUT2D eigenvalue weighted by molar-refractivity contribution is 0.196. The Labute approximate surface area is 63.9 Å². The van der Waals surface area contributed by atoms with Gasteiger partial charge in [-0.2, -0.15) is 0 Å². The maximum absolute atomic E-state index is 11.9. The van der Waals surface area contributed by atoms with E-state index in [4.69, 9.17) is 11.1 Å². The Morgan fingerprint density at radius 2 is 2.18 bits per heavy atom. The summed E-state index contributed by atoms with van der Waals surface area (Å²) in [6, 6.07) is 0. The highest BCUT2D eigenvalue weighted by Crippen LogP contribution is 2.10. The third kappa shape index (κ3) is 2.93. The average Bonchev–Trinajstić information content (AvgIpc) is 1.88. The van der Waals surface area contributed by atoms with Crippen molar-refractivity contribution in [2.24, 2.45) is 5.73 Å². The van der Waals surface area contributed by atoms with Crippen LogP contribution in [0.2, 0.25) is 0 Å². The summed E-state index contributed by atoms with van der Waals surface area (Å²) in [5.74, 6) is 0. The third-order valence-corrected chi connectivity index (χ3v) is 1.13. The Bertz CT molecular complexity index is 185. The van der Waals surface area contributed by atoms with Gasteiger partial charge in [0.1, 0.15) is 0 Å². The Kier molecular flexibility index (Phi) is 4.10. The average molecular weight is 160 g/mol. The predicted molar refractivity (Wildman–Crippen MR) is 40.8 cm³/mol. The Morgan fingerprint density at radius 1 is 1.64 bits per heavy atom. The fraction of sp³-hybridized carbons (Fsp3) is 0.286. The van der Waals surface area contributed by atoms with Gasteiger partial charge < -0.3 is 11.1 Å². The number of nitrogens with one attached hydrogen (secondary N) is 1. The number of nitrogens with two attached hydrogens (primary N) is 1. The van der Waals surface area contributed by atoms with E-state index in [0.717, 1.165) is 0 Å². The van der Waals surface area contributed by atoms with Crippen molar-refractivity contribution in [1.29, 1.82) is 5.41 Å². The second-order valence-corrected chi connectivity index (χ2v) is 1.92. The zero-order valence-electron chi connectivity index (χ0n) is 5.98. The van der Waals surface area contributed by atoms with Crippen molar-refractivity contribution < 1.29 is 8.78 Å². The molecule has 0 aliphatic rings. The number of hydrogen-bond acceptors (Lipinski definition) is 2. The number of halogens is 2. The van der Waals surface area contributed by atoms with Crippen molar-refractivity contribution in [2.75, 3.05) is 0 Å². The summed E-state index contributed by atoms with van der Waals surface area (Å²) < 4.78 is 23.9. The van der Waals surface area contributed by atoms with E-state index in [-0.39, 0.29) is 12.1 Å². The summed E-state index contributed by atoms with van der Waals surface area (Å²) in [6.07, 6.45) is -0.493. The topological polar surface area (TPSA) is 49.9 Å². The highest BCUT2D eigenvalue weighted by molar-refractivity contribution is 5.77. The van der Waals surface area contributed by atoms with Crippen LogP contribution in [0.4, 0.5) is 8.78 Å². The lowest BCUT2D eigenvalue weighted by atomic mass is 10.2. The maximum atomic E-state index is 11.9. The van der Waals surface area contributed by atoms with Crippen LogP contribution >= 0.6 is 0 Å². The van der Waals surface area contributed by atoms with E-state index in [1.807, 2.05) is 0 Å². The molecule has 0 unspecified atom stereocenters. The second-order valence-electron chi connectivity index (χ2n) is 1.92. The van der Waals surface area contributed by atoms with Gasteiger partial charge in [-0.05, 0) is 0 Å². The lowest BCUT2D eigenvalue weighted by Crippen LogP contribution is -2.09. The lowest BCUT2D eigenvalue weighted by Gasteiger charge is -2.03. The fourth-order valence-electron chi connectivity index (χ4n) is 0.569. The number of alkyl halides is 2. The van der Waals surface area contributed by atoms with E-state index in [0.29, 0.717) is 6.21 Å². The highest BCUT2D eigenvalue weighted by atomic mass is 19.3. The van der Waals surface area contributed by atoms with Gasteiger partial charge in [-0.3, -0.25) is 0 Å². The molecule has 0 bridgehead atoms. The highest BCUT2D eigenvalue weighted by Gasteiger charge is 2.11. The molecule has 0 heterocycles. The zero-order chi connectivity index (χ0) is 8.85. The Hall–Kier alpha value is -1.19. The van der Waals surface area contributed by atoms with Crippen LogP contribution in [0.15, 0.2) is 23.9 Å². The van der Waals surface area contributed by atoms with Crippen molar-refractivity contribution in [1.82, 2.24) is 0 Å². The van der Waals surface area contributed by atoms with E-state index >= 15 is 0 Å². The van der Waals surface area contributed by atoms with E-state index in [9.17, 15) is 8.78 Å². The number of allylic oxidation sites excluding steroid dienone is 2. The molecular weight excluding hydrogens is 150 g/mol. The molecule has 0 radical (unpaired) electrons. The normalized spacial score (nSPS) is 12.6. The van der Waals surface area contributed by atoms with Crippen molar-refractivity contribution >= 4 is 6.21 Å². The van der Waals surface area contributed by atoms with E-state index in [2.05, 4.69) is 6.58 Å². The van der Waals surface area contributed by atoms with Gasteiger partial charge in [0.05, 0.1) is 5.57 Å². The molecule has 0 aliphatic carbocycles. The first-order valence-corrected chi connectivity index (χ1v) is 3.01. The minimum absolute atomic E-state index is 0.00463. The molecule has 62 valence electrons. The van der Waals surface area contributed by atoms with Crippen molar-refractivity contribution in [3.05, 3.63) is 23.9 Å². The van der Waals surface area contributed by atoms with Crippen LogP contribution in [0, 0.1) is 5.41 Å². The van der Waals surface area contributed by atoms with E-state index in [1.165, 1.54) is 6.08 Å². The molecule has 0 atom stereocenters. The summed E-state index contributed by atoms with van der Waals surface area (Å²) in [5.41, 5.74) is 4.80. The van der Waals surface area contributed by atoms with Gasteiger partial charge in [0.25, 0.3) is 6.43 Å². The van der Waals surface area contributed by atoms with Crippen LogP contribution in [0.5, 0.6) is 0 Å². The van der Waals surface area contributed by atoms with Crippen LogP contribution < -0.4 is 5.73 Å². The molecule has 0 aromatic heterocycles. The van der Waals surface area contributed by atoms with Crippen molar-refractivity contribution in [3.63, 3.8) is 0 Å². The quantitative estimate of drug-likeness (QED) is 0.477. The molecular formula is C7H10F2N2. The van der Waals surface area contributed by atoms with Gasteiger partial charge in [0, 0.05) is 18.3 Å². The van der Waals surface area contributed by atoms with Crippen LogP contribution in [-0.2, 0) is 0 Å². The molecule has 4 heteroatoms. The first-order valence-electron chi connectivity index (χ1n) is 3.01. The molecule has 0 amide bonds. The summed E-state index contributed by atoms with van der Waals surface area (Å²) in [4.78, 5) is 0. The zero-order valence-corrected chi connectivity index (χ0v) is 5.98. The Morgan fingerprint density at radius 3 is 2.45 bits per heavy atom. The molecule has 3 N–H and O–H groups in total. The molecule has 0 rings (SSSR count). The molecule has 0 aromatic carbocycles. The maximum Gasteiger partial charge on any atom is 0.266 e. The molecule has 0 saturated heterocycles. The molecule has 0 aromatic rings. The third-order valence-electron chi connectivity index (χ3n) is 1.13. The minimum atomic E-state index is -2.67. The first kappa shape index (κ1) is 9.81. The molecule has 0 fully saturated rings. The second kappa shape index (κ2) is 4.60. The smallest absolute Gasteiger partial charge is 0.266 e. The summed E-state index contributed by atoms with van der Waals surface area (Å²) >= 11 is 0. The molecule has 2 nitrogen and oxygen atoms in total. The van der Waals surface area contributed by atoms with Gasteiger partial charge in [0.2, 0.25) is 0 Å². The molecule has 0 aliphatic heterocycles.